The normalized spacial score (nSPS) is 17.1. The lowest BCUT2D eigenvalue weighted by atomic mass is 9.93. The smallest absolute Gasteiger partial charge is 0.242 e. The summed E-state index contributed by atoms with van der Waals surface area (Å²) in [5, 5.41) is 12.6. The lowest BCUT2D eigenvalue weighted by molar-refractivity contribution is -0.134. The number of rotatable bonds is 5. The van der Waals surface area contributed by atoms with Gasteiger partial charge in [0, 0.05) is 16.7 Å². The third-order valence-corrected chi connectivity index (χ3v) is 5.47. The van der Waals surface area contributed by atoms with Crippen molar-refractivity contribution in [1.82, 2.24) is 20.4 Å². The molecular formula is C19H18N4O3S. The van der Waals surface area contributed by atoms with E-state index in [4.69, 9.17) is 0 Å². The average molecular weight is 382 g/mol. The molecule has 0 bridgehead atoms. The maximum absolute atomic E-state index is 12.4. The molecule has 1 aromatic carbocycles. The first-order chi connectivity index (χ1) is 13.1. The zero-order valence-corrected chi connectivity index (χ0v) is 15.3. The molecule has 7 nitrogen and oxygen atoms in total. The second-order valence-electron chi connectivity index (χ2n) is 6.42. The van der Waals surface area contributed by atoms with E-state index in [0.717, 1.165) is 15.8 Å². The summed E-state index contributed by atoms with van der Waals surface area (Å²) >= 11 is 1.59. The molecule has 1 atom stereocenters. The van der Waals surface area contributed by atoms with Crippen molar-refractivity contribution in [2.24, 2.45) is 0 Å². The van der Waals surface area contributed by atoms with Crippen LogP contribution in [0.3, 0.4) is 0 Å². The highest BCUT2D eigenvalue weighted by atomic mass is 32.1. The number of fused-ring (bicyclic) bond motifs is 1. The molecule has 2 aromatic heterocycles. The fourth-order valence-electron chi connectivity index (χ4n) is 3.28. The van der Waals surface area contributed by atoms with Crippen LogP contribution in [0.25, 0.3) is 10.9 Å². The highest BCUT2D eigenvalue weighted by Gasteiger charge is 2.31. The molecule has 0 saturated carbocycles. The van der Waals surface area contributed by atoms with E-state index in [9.17, 15) is 14.4 Å². The average Bonchev–Trinajstić information content (AvgIpc) is 3.29. The number of nitrogens with zero attached hydrogens (tertiary/aromatic N) is 2. The van der Waals surface area contributed by atoms with Crippen LogP contribution in [0.2, 0.25) is 0 Å². The molecular weight excluding hydrogens is 364 g/mol. The number of hydrogen-bond acceptors (Lipinski definition) is 5. The number of piperidine rings is 1. The van der Waals surface area contributed by atoms with Gasteiger partial charge in [-0.15, -0.1) is 11.3 Å². The predicted octanol–water partition coefficient (Wildman–Crippen LogP) is 1.93. The van der Waals surface area contributed by atoms with Crippen molar-refractivity contribution >= 4 is 40.0 Å². The number of aromatic nitrogens is 2. The summed E-state index contributed by atoms with van der Waals surface area (Å²) in [6, 6.07) is 11.4. The molecule has 1 aliphatic heterocycles. The van der Waals surface area contributed by atoms with Crippen molar-refractivity contribution in [3.63, 3.8) is 0 Å². The van der Waals surface area contributed by atoms with E-state index < -0.39 is 5.92 Å². The van der Waals surface area contributed by atoms with Crippen molar-refractivity contribution in [3.05, 3.63) is 52.3 Å². The van der Waals surface area contributed by atoms with Crippen LogP contribution >= 0.6 is 11.3 Å². The molecule has 4 rings (SSSR count). The molecule has 1 unspecified atom stereocenters. The van der Waals surface area contributed by atoms with Crippen molar-refractivity contribution in [3.8, 4) is 0 Å². The van der Waals surface area contributed by atoms with Gasteiger partial charge in [0.25, 0.3) is 0 Å². The van der Waals surface area contributed by atoms with Gasteiger partial charge < -0.3 is 5.32 Å². The van der Waals surface area contributed by atoms with Gasteiger partial charge >= 0.3 is 0 Å². The van der Waals surface area contributed by atoms with Crippen LogP contribution in [-0.2, 0) is 27.5 Å². The Balaban J connectivity index is 1.57. The number of carbonyl (C=O) groups excluding carboxylic acids is 3. The van der Waals surface area contributed by atoms with Crippen LogP contribution in [0.4, 0.5) is 0 Å². The molecule has 0 aliphatic carbocycles. The highest BCUT2D eigenvalue weighted by Crippen LogP contribution is 2.30. The molecule has 3 amide bonds. The van der Waals surface area contributed by atoms with Gasteiger partial charge in [0.15, 0.2) is 0 Å². The maximum atomic E-state index is 12.4. The van der Waals surface area contributed by atoms with Gasteiger partial charge in [0.1, 0.15) is 6.54 Å². The molecule has 0 spiro atoms. The van der Waals surface area contributed by atoms with Crippen LogP contribution in [-0.4, -0.2) is 27.5 Å². The zero-order chi connectivity index (χ0) is 18.8. The van der Waals surface area contributed by atoms with E-state index in [1.54, 1.807) is 16.0 Å². The maximum Gasteiger partial charge on any atom is 0.242 e. The first-order valence-corrected chi connectivity index (χ1v) is 9.58. The third-order valence-electron chi connectivity index (χ3n) is 4.59. The van der Waals surface area contributed by atoms with E-state index in [0.29, 0.717) is 25.1 Å². The Hall–Kier alpha value is -3.00. The Labute approximate surface area is 159 Å². The van der Waals surface area contributed by atoms with E-state index in [2.05, 4.69) is 15.7 Å². The van der Waals surface area contributed by atoms with Crippen LogP contribution in [0.5, 0.6) is 0 Å². The topological polar surface area (TPSA) is 93.1 Å². The van der Waals surface area contributed by atoms with Crippen molar-refractivity contribution < 1.29 is 14.4 Å². The minimum absolute atomic E-state index is 0.0686. The summed E-state index contributed by atoms with van der Waals surface area (Å²) in [4.78, 5) is 37.1. The Bertz CT molecular complexity index is 1010. The van der Waals surface area contributed by atoms with Gasteiger partial charge in [0.2, 0.25) is 17.7 Å². The van der Waals surface area contributed by atoms with E-state index >= 15 is 0 Å². The quantitative estimate of drug-likeness (QED) is 0.660. The summed E-state index contributed by atoms with van der Waals surface area (Å²) < 4.78 is 1.62. The fraction of sp³-hybridized carbons (Fsp3) is 0.263. The standard InChI is InChI=1S/C19H18N4O3S/c24-16-8-7-14(19(26)21-16)18-13-5-1-2-6-15(13)23(22-18)11-17(25)20-10-12-4-3-9-27-12/h1-6,9,14H,7-8,10-11H2,(H,20,25)(H,21,24,26). The van der Waals surface area contributed by atoms with Crippen molar-refractivity contribution in [2.45, 2.75) is 31.8 Å². The minimum atomic E-state index is -0.483. The first kappa shape index (κ1) is 17.4. The molecule has 8 heteroatoms. The Morgan fingerprint density at radius 2 is 2.11 bits per heavy atom. The Kier molecular flexibility index (Phi) is 4.72. The number of amides is 3. The summed E-state index contributed by atoms with van der Waals surface area (Å²) in [6.07, 6.45) is 0.717. The molecule has 27 heavy (non-hydrogen) atoms. The van der Waals surface area contributed by atoms with Crippen LogP contribution < -0.4 is 10.6 Å². The summed E-state index contributed by atoms with van der Waals surface area (Å²) in [6.45, 7) is 0.550. The highest BCUT2D eigenvalue weighted by molar-refractivity contribution is 7.09. The fourth-order valence-corrected chi connectivity index (χ4v) is 3.92. The number of carbonyl (C=O) groups is 3. The summed E-state index contributed by atoms with van der Waals surface area (Å²) in [7, 11) is 0. The van der Waals surface area contributed by atoms with E-state index in [1.165, 1.54) is 0 Å². The summed E-state index contributed by atoms with van der Waals surface area (Å²) in [5.74, 6) is -1.22. The van der Waals surface area contributed by atoms with Gasteiger partial charge in [-0.1, -0.05) is 24.3 Å². The van der Waals surface area contributed by atoms with Gasteiger partial charge in [0.05, 0.1) is 23.7 Å². The van der Waals surface area contributed by atoms with Gasteiger partial charge in [-0.05, 0) is 23.9 Å². The van der Waals surface area contributed by atoms with Gasteiger partial charge in [-0.25, -0.2) is 0 Å². The monoisotopic (exact) mass is 382 g/mol. The number of hydrogen-bond donors (Lipinski definition) is 2. The lowest BCUT2D eigenvalue weighted by Crippen LogP contribution is -2.39. The zero-order valence-electron chi connectivity index (χ0n) is 14.5. The Morgan fingerprint density at radius 3 is 2.89 bits per heavy atom. The van der Waals surface area contributed by atoms with Crippen LogP contribution in [0.15, 0.2) is 41.8 Å². The summed E-state index contributed by atoms with van der Waals surface area (Å²) in [5.41, 5.74) is 1.41. The first-order valence-electron chi connectivity index (χ1n) is 8.70. The molecule has 1 aliphatic rings. The van der Waals surface area contributed by atoms with Gasteiger partial charge in [-0.3, -0.25) is 24.4 Å². The van der Waals surface area contributed by atoms with Crippen molar-refractivity contribution in [1.29, 1.82) is 0 Å². The molecule has 1 saturated heterocycles. The number of imide groups is 1. The number of para-hydroxylation sites is 1. The molecule has 1 fully saturated rings. The van der Waals surface area contributed by atoms with Crippen molar-refractivity contribution in [2.75, 3.05) is 0 Å². The number of benzene rings is 1. The number of thiophene rings is 1. The second-order valence-corrected chi connectivity index (χ2v) is 7.45. The number of nitrogens with one attached hydrogen (secondary N) is 2. The molecule has 0 radical (unpaired) electrons. The second kappa shape index (κ2) is 7.32. The van der Waals surface area contributed by atoms with E-state index in [-0.39, 0.29) is 24.3 Å². The molecule has 3 aromatic rings. The van der Waals surface area contributed by atoms with Crippen LogP contribution in [0.1, 0.15) is 29.3 Å². The molecule has 138 valence electrons. The Morgan fingerprint density at radius 1 is 1.26 bits per heavy atom. The minimum Gasteiger partial charge on any atom is -0.350 e. The SMILES string of the molecule is O=C(Cn1nc(C2CCC(=O)NC2=O)c2ccccc21)NCc1cccs1. The van der Waals surface area contributed by atoms with Gasteiger partial charge in [-0.2, -0.15) is 5.10 Å². The molecule has 3 heterocycles. The largest absolute Gasteiger partial charge is 0.350 e. The van der Waals surface area contributed by atoms with E-state index in [1.807, 2.05) is 41.8 Å². The lowest BCUT2D eigenvalue weighted by Gasteiger charge is -2.19. The van der Waals surface area contributed by atoms with Crippen LogP contribution in [0, 0.1) is 0 Å². The predicted molar refractivity (Wildman–Crippen MR) is 101 cm³/mol. The third kappa shape index (κ3) is 3.61. The molecule has 2 N–H and O–H groups in total.